The summed E-state index contributed by atoms with van der Waals surface area (Å²) in [6.45, 7) is 3.06. The third-order valence-electron chi connectivity index (χ3n) is 3.52. The van der Waals surface area contributed by atoms with Crippen molar-refractivity contribution in [3.05, 3.63) is 34.6 Å². The molecule has 0 bridgehead atoms. The first-order valence-corrected chi connectivity index (χ1v) is 6.84. The van der Waals surface area contributed by atoms with Gasteiger partial charge in [0.2, 0.25) is 5.91 Å². The summed E-state index contributed by atoms with van der Waals surface area (Å²) in [5.74, 6) is -0.382. The van der Waals surface area contributed by atoms with Crippen LogP contribution in [0, 0.1) is 17.7 Å². The molecule has 1 aromatic rings. The Balaban J connectivity index is 0.00000200. The minimum atomic E-state index is -0.330. The van der Waals surface area contributed by atoms with E-state index in [0.717, 1.165) is 0 Å². The van der Waals surface area contributed by atoms with Crippen molar-refractivity contribution in [2.75, 3.05) is 13.1 Å². The molecule has 6 heteroatoms. The lowest BCUT2D eigenvalue weighted by atomic mass is 10.1. The molecule has 20 heavy (non-hydrogen) atoms. The van der Waals surface area contributed by atoms with Crippen LogP contribution in [0.25, 0.3) is 0 Å². The highest BCUT2D eigenvalue weighted by molar-refractivity contribution is 6.31. The van der Waals surface area contributed by atoms with Gasteiger partial charge in [-0.05, 0) is 31.0 Å². The zero-order valence-electron chi connectivity index (χ0n) is 11.2. The maximum absolute atomic E-state index is 13.7. The number of hydrogen-bond acceptors (Lipinski definition) is 2. The fourth-order valence-electron chi connectivity index (χ4n) is 2.16. The van der Waals surface area contributed by atoms with Gasteiger partial charge in [0.25, 0.3) is 0 Å². The maximum Gasteiger partial charge on any atom is 0.223 e. The van der Waals surface area contributed by atoms with Crippen molar-refractivity contribution in [3.63, 3.8) is 0 Å². The lowest BCUT2D eigenvalue weighted by Gasteiger charge is -2.10. The van der Waals surface area contributed by atoms with Crippen molar-refractivity contribution in [1.82, 2.24) is 5.32 Å². The highest BCUT2D eigenvalue weighted by Crippen LogP contribution is 2.50. The molecule has 1 fully saturated rings. The van der Waals surface area contributed by atoms with Crippen LogP contribution in [0.2, 0.25) is 5.02 Å². The Kier molecular flexibility index (Phi) is 6.24. The number of halogens is 3. The van der Waals surface area contributed by atoms with Gasteiger partial charge in [0.05, 0.1) is 0 Å². The number of rotatable bonds is 5. The average molecular weight is 321 g/mol. The summed E-state index contributed by atoms with van der Waals surface area (Å²) in [5.41, 5.74) is 5.96. The van der Waals surface area contributed by atoms with Gasteiger partial charge < -0.3 is 11.1 Å². The van der Waals surface area contributed by atoms with E-state index in [1.54, 1.807) is 12.1 Å². The van der Waals surface area contributed by atoms with Gasteiger partial charge in [0.1, 0.15) is 5.82 Å². The Morgan fingerprint density at radius 3 is 2.90 bits per heavy atom. The van der Waals surface area contributed by atoms with E-state index in [-0.39, 0.29) is 41.9 Å². The first-order chi connectivity index (χ1) is 9.04. The number of carbonyl (C=O) groups excluding carboxylic acids is 1. The predicted molar refractivity (Wildman–Crippen MR) is 80.7 cm³/mol. The molecule has 0 spiro atoms. The molecule has 1 aliphatic carbocycles. The summed E-state index contributed by atoms with van der Waals surface area (Å²) >= 11 is 6.00. The normalized spacial score (nSPS) is 21.8. The van der Waals surface area contributed by atoms with E-state index in [4.69, 9.17) is 17.3 Å². The topological polar surface area (TPSA) is 55.1 Å². The quantitative estimate of drug-likeness (QED) is 0.876. The molecule has 112 valence electrons. The summed E-state index contributed by atoms with van der Waals surface area (Å²) in [6, 6.07) is 4.61. The smallest absolute Gasteiger partial charge is 0.223 e. The second kappa shape index (κ2) is 7.25. The highest BCUT2D eigenvalue weighted by Gasteiger charge is 2.46. The second-order valence-electron chi connectivity index (χ2n) is 5.17. The molecule has 3 N–H and O–H groups in total. The van der Waals surface area contributed by atoms with E-state index < -0.39 is 0 Å². The fraction of sp³-hybridized carbons (Fsp3) is 0.500. The number of carbonyl (C=O) groups is 1. The molecule has 0 heterocycles. The van der Waals surface area contributed by atoms with Crippen LogP contribution >= 0.6 is 24.0 Å². The SMILES string of the molecule is CC(CN)CNC(=O)C1CC1c1c(F)cccc1Cl.Cl. The van der Waals surface area contributed by atoms with Gasteiger partial charge in [-0.25, -0.2) is 4.39 Å². The van der Waals surface area contributed by atoms with Crippen molar-refractivity contribution in [2.45, 2.75) is 19.3 Å². The minimum absolute atomic E-state index is 0. The molecule has 0 radical (unpaired) electrons. The molecular formula is C14H19Cl2FN2O. The first kappa shape index (κ1) is 17.2. The van der Waals surface area contributed by atoms with Gasteiger partial charge in [-0.3, -0.25) is 4.79 Å². The first-order valence-electron chi connectivity index (χ1n) is 6.46. The van der Waals surface area contributed by atoms with Crippen LogP contribution in [0.3, 0.4) is 0 Å². The Hall–Kier alpha value is -0.840. The largest absolute Gasteiger partial charge is 0.356 e. The minimum Gasteiger partial charge on any atom is -0.356 e. The van der Waals surface area contributed by atoms with Crippen LogP contribution in [-0.4, -0.2) is 19.0 Å². The molecule has 2 rings (SSSR count). The zero-order valence-corrected chi connectivity index (χ0v) is 12.8. The van der Waals surface area contributed by atoms with Gasteiger partial charge in [-0.15, -0.1) is 12.4 Å². The van der Waals surface area contributed by atoms with Gasteiger partial charge in [0, 0.05) is 29.0 Å². The van der Waals surface area contributed by atoms with Crippen LogP contribution in [-0.2, 0) is 4.79 Å². The van der Waals surface area contributed by atoms with E-state index in [9.17, 15) is 9.18 Å². The molecule has 3 unspecified atom stereocenters. The molecule has 0 aromatic heterocycles. The Morgan fingerprint density at radius 2 is 2.30 bits per heavy atom. The Bertz CT molecular complexity index is 464. The number of nitrogens with two attached hydrogens (primary N) is 1. The summed E-state index contributed by atoms with van der Waals surface area (Å²) in [7, 11) is 0. The number of hydrogen-bond donors (Lipinski definition) is 2. The predicted octanol–water partition coefficient (Wildman–Crippen LogP) is 2.72. The van der Waals surface area contributed by atoms with Gasteiger partial charge in [-0.1, -0.05) is 24.6 Å². The van der Waals surface area contributed by atoms with E-state index in [1.807, 2.05) is 6.92 Å². The highest BCUT2D eigenvalue weighted by atomic mass is 35.5. The zero-order chi connectivity index (χ0) is 14.0. The Labute approximate surface area is 129 Å². The Morgan fingerprint density at radius 1 is 1.60 bits per heavy atom. The van der Waals surface area contributed by atoms with Gasteiger partial charge in [-0.2, -0.15) is 0 Å². The fourth-order valence-corrected chi connectivity index (χ4v) is 2.46. The van der Waals surface area contributed by atoms with E-state index in [0.29, 0.717) is 30.1 Å². The maximum atomic E-state index is 13.7. The van der Waals surface area contributed by atoms with Gasteiger partial charge in [0.15, 0.2) is 0 Å². The third-order valence-corrected chi connectivity index (χ3v) is 3.85. The molecule has 1 amide bonds. The molecule has 1 aromatic carbocycles. The standard InChI is InChI=1S/C14H18ClFN2O.ClH/c1-8(6-17)7-18-14(19)10-5-9(10)13-11(15)3-2-4-12(13)16;/h2-4,8-10H,5-7,17H2,1H3,(H,18,19);1H. The van der Waals surface area contributed by atoms with Crippen LogP contribution < -0.4 is 11.1 Å². The number of nitrogens with one attached hydrogen (secondary N) is 1. The molecule has 1 aliphatic rings. The van der Waals surface area contributed by atoms with Crippen molar-refractivity contribution < 1.29 is 9.18 Å². The molecule has 3 nitrogen and oxygen atoms in total. The summed E-state index contributed by atoms with van der Waals surface area (Å²) < 4.78 is 13.7. The number of benzene rings is 1. The third kappa shape index (κ3) is 3.84. The van der Waals surface area contributed by atoms with Crippen LogP contribution in [0.4, 0.5) is 4.39 Å². The van der Waals surface area contributed by atoms with Crippen molar-refractivity contribution in [2.24, 2.45) is 17.6 Å². The monoisotopic (exact) mass is 320 g/mol. The van der Waals surface area contributed by atoms with Crippen molar-refractivity contribution in [1.29, 1.82) is 0 Å². The molecule has 0 saturated heterocycles. The van der Waals surface area contributed by atoms with E-state index >= 15 is 0 Å². The lowest BCUT2D eigenvalue weighted by Crippen LogP contribution is -2.32. The van der Waals surface area contributed by atoms with Gasteiger partial charge >= 0.3 is 0 Å². The molecule has 1 saturated carbocycles. The molecule has 3 atom stereocenters. The van der Waals surface area contributed by atoms with E-state index in [1.165, 1.54) is 6.07 Å². The van der Waals surface area contributed by atoms with Crippen LogP contribution in [0.5, 0.6) is 0 Å². The van der Waals surface area contributed by atoms with E-state index in [2.05, 4.69) is 5.32 Å². The van der Waals surface area contributed by atoms with Crippen molar-refractivity contribution >= 4 is 29.9 Å². The number of amides is 1. The molecular weight excluding hydrogens is 302 g/mol. The summed E-state index contributed by atoms with van der Waals surface area (Å²) in [6.07, 6.45) is 0.656. The average Bonchev–Trinajstić information content (AvgIpc) is 3.15. The van der Waals surface area contributed by atoms with Crippen LogP contribution in [0.1, 0.15) is 24.8 Å². The molecule has 0 aliphatic heterocycles. The lowest BCUT2D eigenvalue weighted by molar-refractivity contribution is -0.122. The second-order valence-corrected chi connectivity index (χ2v) is 5.58. The summed E-state index contributed by atoms with van der Waals surface area (Å²) in [5, 5.41) is 3.25. The summed E-state index contributed by atoms with van der Waals surface area (Å²) in [4.78, 5) is 11.9. The van der Waals surface area contributed by atoms with Crippen LogP contribution in [0.15, 0.2) is 18.2 Å². The van der Waals surface area contributed by atoms with Crippen molar-refractivity contribution in [3.8, 4) is 0 Å².